The summed E-state index contributed by atoms with van der Waals surface area (Å²) < 4.78 is 1.08. The molecule has 80 valence electrons. The van der Waals surface area contributed by atoms with Gasteiger partial charge in [-0.25, -0.2) is 0 Å². The maximum atomic E-state index is 5.58. The van der Waals surface area contributed by atoms with Crippen LogP contribution in [0.1, 0.15) is 18.4 Å². The average Bonchev–Trinajstić information content (AvgIpc) is 2.70. The molecule has 4 heteroatoms. The second kappa shape index (κ2) is 4.49. The standard InChI is InChI=1S/C11H13BrN2S/c12-9-7-8(11(13)15)3-4-10(9)14-5-1-2-6-14/h3-4,7H,1-2,5-6H2,(H2,13,15). The molecule has 0 radical (unpaired) electrons. The molecule has 0 aliphatic carbocycles. The van der Waals surface area contributed by atoms with Gasteiger partial charge in [0, 0.05) is 23.1 Å². The summed E-state index contributed by atoms with van der Waals surface area (Å²) in [6.45, 7) is 2.29. The molecule has 1 aliphatic rings. The third-order valence-corrected chi connectivity index (χ3v) is 3.55. The molecule has 1 aromatic carbocycles. The van der Waals surface area contributed by atoms with E-state index in [0.29, 0.717) is 4.99 Å². The first-order valence-corrected chi connectivity index (χ1v) is 6.23. The number of halogens is 1. The van der Waals surface area contributed by atoms with Gasteiger partial charge in [-0.1, -0.05) is 12.2 Å². The van der Waals surface area contributed by atoms with Gasteiger partial charge in [0.05, 0.1) is 5.69 Å². The summed E-state index contributed by atoms with van der Waals surface area (Å²) in [7, 11) is 0. The van der Waals surface area contributed by atoms with Crippen LogP contribution in [0.25, 0.3) is 0 Å². The highest BCUT2D eigenvalue weighted by Crippen LogP contribution is 2.29. The van der Waals surface area contributed by atoms with Crippen molar-refractivity contribution >= 4 is 38.8 Å². The highest BCUT2D eigenvalue weighted by Gasteiger charge is 2.15. The van der Waals surface area contributed by atoms with Crippen LogP contribution in [0.3, 0.4) is 0 Å². The van der Waals surface area contributed by atoms with Crippen molar-refractivity contribution in [2.75, 3.05) is 18.0 Å². The van der Waals surface area contributed by atoms with E-state index in [9.17, 15) is 0 Å². The number of nitrogens with zero attached hydrogens (tertiary/aromatic N) is 1. The Morgan fingerprint density at radius 3 is 2.53 bits per heavy atom. The summed E-state index contributed by atoms with van der Waals surface area (Å²) in [5, 5.41) is 0. The van der Waals surface area contributed by atoms with Crippen molar-refractivity contribution in [2.45, 2.75) is 12.8 Å². The van der Waals surface area contributed by atoms with Crippen molar-refractivity contribution in [1.82, 2.24) is 0 Å². The molecule has 1 fully saturated rings. The zero-order chi connectivity index (χ0) is 10.8. The number of rotatable bonds is 2. The zero-order valence-electron chi connectivity index (χ0n) is 8.37. The van der Waals surface area contributed by atoms with Crippen molar-refractivity contribution in [2.24, 2.45) is 5.73 Å². The number of thiocarbonyl (C=S) groups is 1. The second-order valence-electron chi connectivity index (χ2n) is 3.72. The number of hydrogen-bond donors (Lipinski definition) is 1. The monoisotopic (exact) mass is 284 g/mol. The summed E-state index contributed by atoms with van der Waals surface area (Å²) >= 11 is 8.51. The van der Waals surface area contributed by atoms with Crippen molar-refractivity contribution in [3.8, 4) is 0 Å². The van der Waals surface area contributed by atoms with Gasteiger partial charge in [-0.2, -0.15) is 0 Å². The Bertz CT molecular complexity index is 386. The first kappa shape index (κ1) is 10.9. The Balaban J connectivity index is 2.29. The molecule has 2 N–H and O–H groups in total. The van der Waals surface area contributed by atoms with Crippen LogP contribution in [0.2, 0.25) is 0 Å². The van der Waals surface area contributed by atoms with Crippen molar-refractivity contribution in [3.05, 3.63) is 28.2 Å². The molecule has 2 rings (SSSR count). The molecule has 15 heavy (non-hydrogen) atoms. The maximum absolute atomic E-state index is 5.58. The molecule has 0 bridgehead atoms. The topological polar surface area (TPSA) is 29.3 Å². The minimum atomic E-state index is 0.448. The fourth-order valence-corrected chi connectivity index (χ4v) is 2.63. The molecule has 0 spiro atoms. The lowest BCUT2D eigenvalue weighted by atomic mass is 10.2. The van der Waals surface area contributed by atoms with E-state index in [-0.39, 0.29) is 0 Å². The van der Waals surface area contributed by atoms with Gasteiger partial charge in [-0.15, -0.1) is 0 Å². The lowest BCUT2D eigenvalue weighted by Gasteiger charge is -2.19. The predicted octanol–water partition coefficient (Wildman–Crippen LogP) is 2.68. The summed E-state index contributed by atoms with van der Waals surface area (Å²) in [5.41, 5.74) is 7.74. The van der Waals surface area contributed by atoms with Gasteiger partial charge in [0.15, 0.2) is 0 Å². The van der Waals surface area contributed by atoms with E-state index >= 15 is 0 Å². The van der Waals surface area contributed by atoms with E-state index in [1.165, 1.54) is 18.5 Å². The Kier molecular flexibility index (Phi) is 3.26. The van der Waals surface area contributed by atoms with Gasteiger partial charge in [0.25, 0.3) is 0 Å². The third-order valence-electron chi connectivity index (χ3n) is 2.68. The zero-order valence-corrected chi connectivity index (χ0v) is 10.8. The summed E-state index contributed by atoms with van der Waals surface area (Å²) in [6, 6.07) is 6.07. The Morgan fingerprint density at radius 1 is 1.33 bits per heavy atom. The summed E-state index contributed by atoms with van der Waals surface area (Å²) in [4.78, 5) is 2.83. The molecule has 0 amide bonds. The first-order chi connectivity index (χ1) is 7.18. The molecule has 1 saturated heterocycles. The second-order valence-corrected chi connectivity index (χ2v) is 5.02. The van der Waals surface area contributed by atoms with Crippen LogP contribution in [0.15, 0.2) is 22.7 Å². The SMILES string of the molecule is NC(=S)c1ccc(N2CCCC2)c(Br)c1. The molecule has 0 saturated carbocycles. The maximum Gasteiger partial charge on any atom is 0.104 e. The Hall–Kier alpha value is -0.610. The van der Waals surface area contributed by atoms with Crippen LogP contribution in [-0.2, 0) is 0 Å². The lowest BCUT2D eigenvalue weighted by Crippen LogP contribution is -2.18. The van der Waals surface area contributed by atoms with Gasteiger partial charge in [0.2, 0.25) is 0 Å². The molecule has 1 heterocycles. The molecule has 0 unspecified atom stereocenters. The van der Waals surface area contributed by atoms with Gasteiger partial charge in [-0.3, -0.25) is 0 Å². The minimum absolute atomic E-state index is 0.448. The average molecular weight is 285 g/mol. The molecule has 2 nitrogen and oxygen atoms in total. The largest absolute Gasteiger partial charge is 0.389 e. The molecule has 1 aliphatic heterocycles. The predicted molar refractivity (Wildman–Crippen MR) is 71.5 cm³/mol. The fraction of sp³-hybridized carbons (Fsp3) is 0.364. The van der Waals surface area contributed by atoms with E-state index in [4.69, 9.17) is 18.0 Å². The Labute approximate surface area is 104 Å². The number of benzene rings is 1. The smallest absolute Gasteiger partial charge is 0.104 e. The fourth-order valence-electron chi connectivity index (χ4n) is 1.87. The van der Waals surface area contributed by atoms with Crippen LogP contribution < -0.4 is 10.6 Å². The molecular weight excluding hydrogens is 272 g/mol. The van der Waals surface area contributed by atoms with Crippen LogP contribution >= 0.6 is 28.1 Å². The van der Waals surface area contributed by atoms with Gasteiger partial charge in [0.1, 0.15) is 4.99 Å². The van der Waals surface area contributed by atoms with E-state index < -0.39 is 0 Å². The summed E-state index contributed by atoms with van der Waals surface area (Å²) in [6.07, 6.45) is 2.56. The van der Waals surface area contributed by atoms with Crippen molar-refractivity contribution in [3.63, 3.8) is 0 Å². The molecular formula is C11H13BrN2S. The van der Waals surface area contributed by atoms with Crippen LogP contribution in [0.5, 0.6) is 0 Å². The molecule has 0 atom stereocenters. The van der Waals surface area contributed by atoms with E-state index in [1.54, 1.807) is 0 Å². The van der Waals surface area contributed by atoms with Gasteiger partial charge < -0.3 is 10.6 Å². The molecule has 1 aromatic rings. The third kappa shape index (κ3) is 2.32. The summed E-state index contributed by atoms with van der Waals surface area (Å²) in [5.74, 6) is 0. The lowest BCUT2D eigenvalue weighted by molar-refractivity contribution is 0.949. The van der Waals surface area contributed by atoms with Crippen LogP contribution in [0.4, 0.5) is 5.69 Å². The number of hydrogen-bond acceptors (Lipinski definition) is 2. The van der Waals surface area contributed by atoms with Crippen LogP contribution in [0, 0.1) is 0 Å². The number of nitrogens with two attached hydrogens (primary N) is 1. The normalized spacial score (nSPS) is 15.7. The van der Waals surface area contributed by atoms with Crippen molar-refractivity contribution in [1.29, 1.82) is 0 Å². The highest BCUT2D eigenvalue weighted by molar-refractivity contribution is 9.10. The highest BCUT2D eigenvalue weighted by atomic mass is 79.9. The van der Waals surface area contributed by atoms with Crippen LogP contribution in [-0.4, -0.2) is 18.1 Å². The minimum Gasteiger partial charge on any atom is -0.389 e. The quantitative estimate of drug-likeness (QED) is 0.847. The van der Waals surface area contributed by atoms with Gasteiger partial charge >= 0.3 is 0 Å². The number of anilines is 1. The van der Waals surface area contributed by atoms with Gasteiger partial charge in [-0.05, 0) is 47.0 Å². The van der Waals surface area contributed by atoms with E-state index in [2.05, 4.69) is 26.9 Å². The Morgan fingerprint density at radius 2 is 2.00 bits per heavy atom. The van der Waals surface area contributed by atoms with E-state index in [0.717, 1.165) is 23.1 Å². The molecule has 0 aromatic heterocycles. The first-order valence-electron chi connectivity index (χ1n) is 5.03. The van der Waals surface area contributed by atoms with Crippen molar-refractivity contribution < 1.29 is 0 Å². The van der Waals surface area contributed by atoms with E-state index in [1.807, 2.05) is 12.1 Å².